The molecule has 0 aromatic carbocycles. The molecule has 14 heavy (non-hydrogen) atoms. The Morgan fingerprint density at radius 3 is 1.36 bits per heavy atom. The first kappa shape index (κ1) is 14.4. The molecule has 0 aliphatic heterocycles. The quantitative estimate of drug-likeness (QED) is 0.683. The van der Waals surface area contributed by atoms with E-state index in [1.165, 1.54) is 0 Å². The van der Waals surface area contributed by atoms with Gasteiger partial charge < -0.3 is 8.91 Å². The molecule has 0 bridgehead atoms. The van der Waals surface area contributed by atoms with Gasteiger partial charge in [0.1, 0.15) is 0 Å². The van der Waals surface area contributed by atoms with E-state index in [0.29, 0.717) is 0 Å². The van der Waals surface area contributed by atoms with Crippen molar-refractivity contribution < 1.29 is 8.91 Å². The molecular formula is C10H26O2Si2. The van der Waals surface area contributed by atoms with Gasteiger partial charge in [-0.1, -0.05) is 34.6 Å². The summed E-state index contributed by atoms with van der Waals surface area (Å²) in [5.41, 5.74) is 0. The van der Waals surface area contributed by atoms with Crippen LogP contribution < -0.4 is 0 Å². The summed E-state index contributed by atoms with van der Waals surface area (Å²) >= 11 is 0. The average Bonchev–Trinajstić information content (AvgIpc) is 2.26. The van der Waals surface area contributed by atoms with Crippen LogP contribution in [0.4, 0.5) is 0 Å². The highest BCUT2D eigenvalue weighted by atomic mass is 28.4. The lowest BCUT2D eigenvalue weighted by molar-refractivity contribution is 0.361. The van der Waals surface area contributed by atoms with E-state index < -0.39 is 16.9 Å². The van der Waals surface area contributed by atoms with Crippen molar-refractivity contribution in [1.82, 2.24) is 0 Å². The molecule has 0 heterocycles. The SMILES string of the molecule is CC[Si](O)(CC)O[Si](CC)(CC)CC. The highest BCUT2D eigenvalue weighted by Gasteiger charge is 2.39. The van der Waals surface area contributed by atoms with Crippen LogP contribution in [0.15, 0.2) is 0 Å². The minimum absolute atomic E-state index is 0.832. The summed E-state index contributed by atoms with van der Waals surface area (Å²) < 4.78 is 6.20. The second kappa shape index (κ2) is 6.05. The second-order valence-corrected chi connectivity index (χ2v) is 12.6. The molecule has 0 aromatic heterocycles. The third-order valence-corrected chi connectivity index (χ3v) is 12.8. The minimum Gasteiger partial charge on any atom is -0.435 e. The lowest BCUT2D eigenvalue weighted by Gasteiger charge is -2.36. The van der Waals surface area contributed by atoms with Crippen LogP contribution in [0.5, 0.6) is 0 Å². The first-order valence-electron chi connectivity index (χ1n) is 5.94. The Labute approximate surface area is 91.1 Å². The van der Waals surface area contributed by atoms with Crippen LogP contribution in [0.2, 0.25) is 30.2 Å². The van der Waals surface area contributed by atoms with Gasteiger partial charge in [-0.25, -0.2) is 0 Å². The molecule has 0 unspecified atom stereocenters. The molecular weight excluding hydrogens is 208 g/mol. The highest BCUT2D eigenvalue weighted by molar-refractivity contribution is 6.83. The fraction of sp³-hybridized carbons (Fsp3) is 1.00. The van der Waals surface area contributed by atoms with Crippen LogP contribution in [-0.2, 0) is 4.12 Å². The maximum atomic E-state index is 10.3. The summed E-state index contributed by atoms with van der Waals surface area (Å²) in [6.45, 7) is 10.7. The Morgan fingerprint density at radius 2 is 1.14 bits per heavy atom. The molecule has 0 rings (SSSR count). The van der Waals surface area contributed by atoms with Crippen molar-refractivity contribution in [3.63, 3.8) is 0 Å². The van der Waals surface area contributed by atoms with Gasteiger partial charge >= 0.3 is 8.56 Å². The molecule has 0 aliphatic carbocycles. The van der Waals surface area contributed by atoms with E-state index in [1.54, 1.807) is 0 Å². The van der Waals surface area contributed by atoms with E-state index in [-0.39, 0.29) is 0 Å². The van der Waals surface area contributed by atoms with Gasteiger partial charge in [-0.3, -0.25) is 0 Å². The van der Waals surface area contributed by atoms with Crippen molar-refractivity contribution in [3.8, 4) is 0 Å². The Morgan fingerprint density at radius 1 is 0.786 bits per heavy atom. The van der Waals surface area contributed by atoms with Gasteiger partial charge in [0.2, 0.25) is 0 Å². The predicted molar refractivity (Wildman–Crippen MR) is 67.2 cm³/mol. The standard InChI is InChI=1S/C10H26O2Si2/c1-6-13(7-2,8-3)12-14(11,9-4)10-5/h11H,6-10H2,1-5H3. The van der Waals surface area contributed by atoms with Gasteiger partial charge in [0.25, 0.3) is 0 Å². The van der Waals surface area contributed by atoms with Gasteiger partial charge in [-0.2, -0.15) is 0 Å². The van der Waals surface area contributed by atoms with Crippen LogP contribution in [0.3, 0.4) is 0 Å². The zero-order chi connectivity index (χ0) is 11.2. The molecule has 0 saturated carbocycles. The monoisotopic (exact) mass is 234 g/mol. The Kier molecular flexibility index (Phi) is 6.20. The van der Waals surface area contributed by atoms with Gasteiger partial charge in [0.05, 0.1) is 0 Å². The summed E-state index contributed by atoms with van der Waals surface area (Å²) in [6, 6.07) is 5.07. The third kappa shape index (κ3) is 3.49. The molecule has 0 aromatic rings. The van der Waals surface area contributed by atoms with Crippen LogP contribution in [0.25, 0.3) is 0 Å². The number of hydrogen-bond acceptors (Lipinski definition) is 2. The summed E-state index contributed by atoms with van der Waals surface area (Å²) in [4.78, 5) is 10.3. The predicted octanol–water partition coefficient (Wildman–Crippen LogP) is 3.48. The summed E-state index contributed by atoms with van der Waals surface area (Å²) in [5.74, 6) is 0. The summed E-state index contributed by atoms with van der Waals surface area (Å²) in [5, 5.41) is 0. The van der Waals surface area contributed by atoms with Crippen LogP contribution in [-0.4, -0.2) is 21.7 Å². The zero-order valence-corrected chi connectivity index (χ0v) is 12.4. The zero-order valence-electron chi connectivity index (χ0n) is 10.4. The first-order valence-corrected chi connectivity index (χ1v) is 10.7. The molecule has 0 radical (unpaired) electrons. The number of hydrogen-bond donors (Lipinski definition) is 1. The molecule has 4 heteroatoms. The largest absolute Gasteiger partial charge is 0.435 e. The fourth-order valence-corrected chi connectivity index (χ4v) is 9.87. The maximum Gasteiger partial charge on any atom is 0.324 e. The fourth-order valence-electron chi connectivity index (χ4n) is 1.76. The third-order valence-electron chi connectivity index (χ3n) is 3.44. The molecule has 0 aliphatic rings. The van der Waals surface area contributed by atoms with Gasteiger partial charge in [-0.15, -0.1) is 0 Å². The number of rotatable bonds is 7. The molecule has 0 fully saturated rings. The Bertz CT molecular complexity index is 146. The minimum atomic E-state index is -2.33. The van der Waals surface area contributed by atoms with Gasteiger partial charge in [0.15, 0.2) is 8.32 Å². The maximum absolute atomic E-state index is 10.3. The molecule has 2 nitrogen and oxygen atoms in total. The summed E-state index contributed by atoms with van der Waals surface area (Å²) in [6.07, 6.45) is 0. The lowest BCUT2D eigenvalue weighted by atomic mass is 10.9. The second-order valence-electron chi connectivity index (χ2n) is 4.00. The molecule has 0 atom stereocenters. The average molecular weight is 234 g/mol. The van der Waals surface area contributed by atoms with Crippen molar-refractivity contribution in [1.29, 1.82) is 0 Å². The van der Waals surface area contributed by atoms with Crippen LogP contribution in [0, 0.1) is 0 Å². The first-order chi connectivity index (χ1) is 6.51. The van der Waals surface area contributed by atoms with E-state index >= 15 is 0 Å². The topological polar surface area (TPSA) is 29.5 Å². The van der Waals surface area contributed by atoms with Gasteiger partial charge in [0, 0.05) is 0 Å². The van der Waals surface area contributed by atoms with Crippen LogP contribution >= 0.6 is 0 Å². The van der Waals surface area contributed by atoms with Crippen molar-refractivity contribution in [2.75, 3.05) is 0 Å². The summed E-state index contributed by atoms with van der Waals surface area (Å²) in [7, 11) is -3.92. The Hall–Kier alpha value is 0.354. The van der Waals surface area contributed by atoms with Crippen LogP contribution in [0.1, 0.15) is 34.6 Å². The molecule has 0 spiro atoms. The van der Waals surface area contributed by atoms with Crippen molar-refractivity contribution in [2.45, 2.75) is 64.8 Å². The van der Waals surface area contributed by atoms with Crippen molar-refractivity contribution in [3.05, 3.63) is 0 Å². The van der Waals surface area contributed by atoms with E-state index in [1.807, 2.05) is 0 Å². The van der Waals surface area contributed by atoms with Crippen molar-refractivity contribution >= 4 is 16.9 Å². The molecule has 86 valence electrons. The van der Waals surface area contributed by atoms with E-state index in [9.17, 15) is 4.80 Å². The van der Waals surface area contributed by atoms with E-state index in [0.717, 1.165) is 30.2 Å². The molecule has 0 saturated heterocycles. The lowest BCUT2D eigenvalue weighted by Crippen LogP contribution is -2.50. The molecule has 1 N–H and O–H groups in total. The van der Waals surface area contributed by atoms with E-state index in [2.05, 4.69) is 34.6 Å². The normalized spacial score (nSPS) is 13.3. The van der Waals surface area contributed by atoms with Crippen molar-refractivity contribution in [2.24, 2.45) is 0 Å². The Balaban J connectivity index is 4.56. The van der Waals surface area contributed by atoms with Gasteiger partial charge in [-0.05, 0) is 30.2 Å². The highest BCUT2D eigenvalue weighted by Crippen LogP contribution is 2.28. The molecule has 0 amide bonds. The van der Waals surface area contributed by atoms with E-state index in [4.69, 9.17) is 4.12 Å². The smallest absolute Gasteiger partial charge is 0.324 e.